The number of para-hydroxylation sites is 2. The molecule has 2 N–H and O–H groups in total. The molecule has 0 aliphatic heterocycles. The second-order valence-corrected chi connectivity index (χ2v) is 5.82. The Labute approximate surface area is 142 Å². The lowest BCUT2D eigenvalue weighted by molar-refractivity contribution is -0.120. The van der Waals surface area contributed by atoms with Gasteiger partial charge in [0, 0.05) is 25.4 Å². The third-order valence-corrected chi connectivity index (χ3v) is 3.93. The Morgan fingerprint density at radius 1 is 1.16 bits per heavy atom. The van der Waals surface area contributed by atoms with Crippen LogP contribution in [-0.2, 0) is 17.6 Å². The molecule has 3 aromatic heterocycles. The molecule has 4 rings (SSSR count). The van der Waals surface area contributed by atoms with Crippen LogP contribution in [0.5, 0.6) is 0 Å². The number of nitrogens with one attached hydrogen (secondary N) is 2. The standard InChI is InChI=1S/C18H16FN5O/c19-12-5-6-17-21-13(11-24(17)10-12)9-18(25)20-8-7-16-22-14-3-1-2-4-15(14)23-16/h1-6,10-11H,7-9H2,(H,20,25)(H,22,23). The molecule has 0 bridgehead atoms. The van der Waals surface area contributed by atoms with Crippen LogP contribution in [-0.4, -0.2) is 31.8 Å². The first-order chi connectivity index (χ1) is 12.2. The van der Waals surface area contributed by atoms with Gasteiger partial charge >= 0.3 is 0 Å². The molecule has 0 saturated heterocycles. The Balaban J connectivity index is 1.33. The van der Waals surface area contributed by atoms with Crippen molar-refractivity contribution in [1.82, 2.24) is 24.7 Å². The molecular formula is C18H16FN5O. The van der Waals surface area contributed by atoms with E-state index in [1.807, 2.05) is 24.3 Å². The fourth-order valence-corrected chi connectivity index (χ4v) is 2.77. The van der Waals surface area contributed by atoms with Crippen molar-refractivity contribution in [1.29, 1.82) is 0 Å². The van der Waals surface area contributed by atoms with Crippen molar-refractivity contribution < 1.29 is 9.18 Å². The number of halogens is 1. The van der Waals surface area contributed by atoms with E-state index < -0.39 is 0 Å². The Kier molecular flexibility index (Phi) is 3.89. The summed E-state index contributed by atoms with van der Waals surface area (Å²) in [6.07, 6.45) is 3.78. The number of pyridine rings is 1. The molecule has 126 valence electrons. The highest BCUT2D eigenvalue weighted by Gasteiger charge is 2.08. The molecule has 1 aromatic carbocycles. The lowest BCUT2D eigenvalue weighted by Crippen LogP contribution is -2.27. The minimum absolute atomic E-state index is 0.125. The highest BCUT2D eigenvalue weighted by atomic mass is 19.1. The minimum atomic E-state index is -0.341. The maximum Gasteiger partial charge on any atom is 0.226 e. The number of carbonyl (C=O) groups excluding carboxylic acids is 1. The highest BCUT2D eigenvalue weighted by Crippen LogP contribution is 2.10. The number of fused-ring (bicyclic) bond motifs is 2. The monoisotopic (exact) mass is 337 g/mol. The minimum Gasteiger partial charge on any atom is -0.355 e. The summed E-state index contributed by atoms with van der Waals surface area (Å²) >= 11 is 0. The van der Waals surface area contributed by atoms with Crippen LogP contribution in [0, 0.1) is 5.82 Å². The van der Waals surface area contributed by atoms with Crippen LogP contribution < -0.4 is 5.32 Å². The third-order valence-electron chi connectivity index (χ3n) is 3.93. The number of rotatable bonds is 5. The first kappa shape index (κ1) is 15.3. The number of amides is 1. The van der Waals surface area contributed by atoms with Gasteiger partial charge in [-0.15, -0.1) is 0 Å². The average Bonchev–Trinajstić information content (AvgIpc) is 3.17. The number of hydrogen-bond donors (Lipinski definition) is 2. The van der Waals surface area contributed by atoms with Crippen molar-refractivity contribution in [3.63, 3.8) is 0 Å². The molecule has 0 fully saturated rings. The molecule has 6 nitrogen and oxygen atoms in total. The number of H-pyrrole nitrogens is 1. The van der Waals surface area contributed by atoms with E-state index in [1.165, 1.54) is 12.3 Å². The summed E-state index contributed by atoms with van der Waals surface area (Å²) in [7, 11) is 0. The maximum absolute atomic E-state index is 13.2. The lowest BCUT2D eigenvalue weighted by atomic mass is 10.3. The second-order valence-electron chi connectivity index (χ2n) is 5.82. The van der Waals surface area contributed by atoms with Gasteiger partial charge in [-0.2, -0.15) is 0 Å². The first-order valence-corrected chi connectivity index (χ1v) is 8.01. The van der Waals surface area contributed by atoms with Gasteiger partial charge in [0.2, 0.25) is 5.91 Å². The van der Waals surface area contributed by atoms with Crippen LogP contribution in [0.3, 0.4) is 0 Å². The van der Waals surface area contributed by atoms with E-state index in [1.54, 1.807) is 16.7 Å². The Morgan fingerprint density at radius 3 is 2.92 bits per heavy atom. The fraction of sp³-hybridized carbons (Fsp3) is 0.167. The van der Waals surface area contributed by atoms with E-state index in [2.05, 4.69) is 20.3 Å². The summed E-state index contributed by atoms with van der Waals surface area (Å²) in [6.45, 7) is 0.487. The number of aromatic amines is 1. The van der Waals surface area contributed by atoms with Gasteiger partial charge in [-0.05, 0) is 24.3 Å². The summed E-state index contributed by atoms with van der Waals surface area (Å²) in [6, 6.07) is 10.7. The van der Waals surface area contributed by atoms with Gasteiger partial charge in [-0.1, -0.05) is 12.1 Å². The molecule has 0 saturated carbocycles. The molecule has 0 unspecified atom stereocenters. The molecule has 0 aliphatic carbocycles. The maximum atomic E-state index is 13.2. The zero-order chi connectivity index (χ0) is 17.2. The molecule has 7 heteroatoms. The van der Waals surface area contributed by atoms with Crippen LogP contribution in [0.2, 0.25) is 0 Å². The molecule has 25 heavy (non-hydrogen) atoms. The molecule has 4 aromatic rings. The van der Waals surface area contributed by atoms with E-state index in [9.17, 15) is 9.18 Å². The summed E-state index contributed by atoms with van der Waals surface area (Å²) in [5, 5.41) is 2.86. The molecule has 0 radical (unpaired) electrons. The quantitative estimate of drug-likeness (QED) is 0.586. The molecule has 0 spiro atoms. The molecule has 3 heterocycles. The van der Waals surface area contributed by atoms with Crippen LogP contribution in [0.4, 0.5) is 4.39 Å². The van der Waals surface area contributed by atoms with Gasteiger partial charge in [0.1, 0.15) is 17.3 Å². The van der Waals surface area contributed by atoms with Gasteiger partial charge in [0.15, 0.2) is 0 Å². The van der Waals surface area contributed by atoms with Crippen molar-refractivity contribution in [3.8, 4) is 0 Å². The van der Waals surface area contributed by atoms with Crippen molar-refractivity contribution in [2.24, 2.45) is 0 Å². The lowest BCUT2D eigenvalue weighted by Gasteiger charge is -2.02. The summed E-state index contributed by atoms with van der Waals surface area (Å²) in [5.41, 5.74) is 3.12. The largest absolute Gasteiger partial charge is 0.355 e. The smallest absolute Gasteiger partial charge is 0.226 e. The van der Waals surface area contributed by atoms with Gasteiger partial charge in [0.05, 0.1) is 23.1 Å². The molecular weight excluding hydrogens is 321 g/mol. The van der Waals surface area contributed by atoms with E-state index in [0.717, 1.165) is 16.9 Å². The van der Waals surface area contributed by atoms with E-state index in [4.69, 9.17) is 0 Å². The summed E-state index contributed by atoms with van der Waals surface area (Å²) < 4.78 is 14.8. The topological polar surface area (TPSA) is 75.1 Å². The number of carbonyl (C=O) groups is 1. The zero-order valence-electron chi connectivity index (χ0n) is 13.4. The Hall–Kier alpha value is -3.22. The fourth-order valence-electron chi connectivity index (χ4n) is 2.77. The first-order valence-electron chi connectivity index (χ1n) is 8.01. The molecule has 1 amide bonds. The van der Waals surface area contributed by atoms with Crippen LogP contribution in [0.15, 0.2) is 48.8 Å². The van der Waals surface area contributed by atoms with Crippen molar-refractivity contribution in [2.45, 2.75) is 12.8 Å². The van der Waals surface area contributed by atoms with Gasteiger partial charge in [-0.3, -0.25) is 4.79 Å². The predicted molar refractivity (Wildman–Crippen MR) is 91.7 cm³/mol. The Morgan fingerprint density at radius 2 is 2.04 bits per heavy atom. The zero-order valence-corrected chi connectivity index (χ0v) is 13.4. The molecule has 0 aliphatic rings. The Bertz CT molecular complexity index is 1020. The molecule has 0 atom stereocenters. The van der Waals surface area contributed by atoms with E-state index >= 15 is 0 Å². The second kappa shape index (κ2) is 6.35. The number of aromatic nitrogens is 4. The normalized spacial score (nSPS) is 11.2. The van der Waals surface area contributed by atoms with Crippen LogP contribution in [0.1, 0.15) is 11.5 Å². The number of nitrogens with zero attached hydrogens (tertiary/aromatic N) is 3. The van der Waals surface area contributed by atoms with Crippen LogP contribution in [0.25, 0.3) is 16.7 Å². The van der Waals surface area contributed by atoms with Crippen molar-refractivity contribution >= 4 is 22.6 Å². The number of hydrogen-bond acceptors (Lipinski definition) is 3. The number of imidazole rings is 2. The van der Waals surface area contributed by atoms with Crippen molar-refractivity contribution in [2.75, 3.05) is 6.54 Å². The van der Waals surface area contributed by atoms with Crippen LogP contribution >= 0.6 is 0 Å². The van der Waals surface area contributed by atoms with E-state index in [-0.39, 0.29) is 18.1 Å². The highest BCUT2D eigenvalue weighted by molar-refractivity contribution is 5.78. The number of benzene rings is 1. The summed E-state index contributed by atoms with van der Waals surface area (Å²) in [4.78, 5) is 24.1. The third kappa shape index (κ3) is 3.35. The van der Waals surface area contributed by atoms with Gasteiger partial charge in [0.25, 0.3) is 0 Å². The SMILES string of the molecule is O=C(Cc1cn2cc(F)ccc2n1)NCCc1nc2ccccc2[nH]1. The van der Waals surface area contributed by atoms with Crippen molar-refractivity contribution in [3.05, 3.63) is 66.1 Å². The summed E-state index contributed by atoms with van der Waals surface area (Å²) in [5.74, 6) is 0.372. The van der Waals surface area contributed by atoms with E-state index in [0.29, 0.717) is 24.3 Å². The average molecular weight is 337 g/mol. The predicted octanol–water partition coefficient (Wildman–Crippen LogP) is 2.25. The van der Waals surface area contributed by atoms with Gasteiger partial charge in [-0.25, -0.2) is 14.4 Å². The van der Waals surface area contributed by atoms with Gasteiger partial charge < -0.3 is 14.7 Å².